The van der Waals surface area contributed by atoms with Gasteiger partial charge >= 0.3 is 0 Å². The monoisotopic (exact) mass is 218 g/mol. The molecule has 0 saturated carbocycles. The molecule has 16 heavy (non-hydrogen) atoms. The Morgan fingerprint density at radius 2 is 1.94 bits per heavy atom. The summed E-state index contributed by atoms with van der Waals surface area (Å²) < 4.78 is 0. The molecule has 0 aliphatic carbocycles. The van der Waals surface area contributed by atoms with E-state index in [9.17, 15) is 9.59 Å². The van der Waals surface area contributed by atoms with E-state index in [1.54, 1.807) is 0 Å². The quantitative estimate of drug-likeness (QED) is 0.751. The van der Waals surface area contributed by atoms with E-state index >= 15 is 0 Å². The number of piperidine rings is 1. The smallest absolute Gasteiger partial charge is 0.249 e. The van der Waals surface area contributed by atoms with Crippen molar-refractivity contribution in [2.45, 2.75) is 18.9 Å². The number of hydrogen-bond acceptors (Lipinski definition) is 3. The highest BCUT2D eigenvalue weighted by Gasteiger charge is 2.29. The first-order valence-corrected chi connectivity index (χ1v) is 5.30. The summed E-state index contributed by atoms with van der Waals surface area (Å²) in [6.07, 6.45) is 0.990. The van der Waals surface area contributed by atoms with Gasteiger partial charge < -0.3 is 4.90 Å². The van der Waals surface area contributed by atoms with E-state index in [2.05, 4.69) is 5.32 Å². The first kappa shape index (κ1) is 10.7. The molecule has 4 nitrogen and oxygen atoms in total. The maximum Gasteiger partial charge on any atom is 0.249 e. The molecule has 1 aromatic carbocycles. The summed E-state index contributed by atoms with van der Waals surface area (Å²) in [6.45, 7) is 0. The summed E-state index contributed by atoms with van der Waals surface area (Å²) in [7, 11) is 1.87. The van der Waals surface area contributed by atoms with Crippen molar-refractivity contribution in [2.75, 3.05) is 11.9 Å². The van der Waals surface area contributed by atoms with Gasteiger partial charge in [0.05, 0.1) is 0 Å². The number of anilines is 1. The van der Waals surface area contributed by atoms with E-state index in [1.807, 2.05) is 42.3 Å². The van der Waals surface area contributed by atoms with Crippen LogP contribution in [0.4, 0.5) is 5.69 Å². The molecular weight excluding hydrogens is 204 g/mol. The number of nitrogens with one attached hydrogen (secondary N) is 1. The van der Waals surface area contributed by atoms with Gasteiger partial charge in [-0.15, -0.1) is 0 Å². The minimum Gasteiger partial charge on any atom is -0.363 e. The van der Waals surface area contributed by atoms with Crippen molar-refractivity contribution >= 4 is 17.5 Å². The van der Waals surface area contributed by atoms with Gasteiger partial charge in [0.25, 0.3) is 0 Å². The summed E-state index contributed by atoms with van der Waals surface area (Å²) >= 11 is 0. The van der Waals surface area contributed by atoms with E-state index in [4.69, 9.17) is 0 Å². The van der Waals surface area contributed by atoms with Crippen molar-refractivity contribution in [1.82, 2.24) is 5.32 Å². The predicted octanol–water partition coefficient (Wildman–Crippen LogP) is 0.928. The largest absolute Gasteiger partial charge is 0.363 e. The molecule has 1 aromatic rings. The Morgan fingerprint density at radius 1 is 1.25 bits per heavy atom. The Balaban J connectivity index is 2.13. The van der Waals surface area contributed by atoms with Gasteiger partial charge in [-0.05, 0) is 18.6 Å². The molecule has 0 spiro atoms. The fourth-order valence-corrected chi connectivity index (χ4v) is 1.89. The standard InChI is InChI=1S/C12H14N2O2/c1-14(9-5-3-2-4-6-9)10-7-8-11(15)13-12(10)16/h2-6,10H,7-8H2,1H3,(H,13,15,16). The highest BCUT2D eigenvalue weighted by molar-refractivity contribution is 6.01. The topological polar surface area (TPSA) is 49.4 Å². The lowest BCUT2D eigenvalue weighted by molar-refractivity contribution is -0.134. The van der Waals surface area contributed by atoms with E-state index < -0.39 is 0 Å². The van der Waals surface area contributed by atoms with Crippen LogP contribution in [-0.2, 0) is 9.59 Å². The van der Waals surface area contributed by atoms with Crippen molar-refractivity contribution < 1.29 is 9.59 Å². The van der Waals surface area contributed by atoms with E-state index in [1.165, 1.54) is 0 Å². The molecule has 1 heterocycles. The number of benzene rings is 1. The molecule has 1 aliphatic rings. The maximum atomic E-state index is 11.6. The van der Waals surface area contributed by atoms with Crippen LogP contribution in [0.3, 0.4) is 0 Å². The normalized spacial score (nSPS) is 20.4. The van der Waals surface area contributed by atoms with Crippen molar-refractivity contribution in [3.05, 3.63) is 30.3 Å². The molecule has 1 saturated heterocycles. The zero-order chi connectivity index (χ0) is 11.5. The van der Waals surface area contributed by atoms with Crippen LogP contribution in [0.1, 0.15) is 12.8 Å². The average Bonchev–Trinajstić information content (AvgIpc) is 2.29. The van der Waals surface area contributed by atoms with Crippen molar-refractivity contribution in [3.8, 4) is 0 Å². The van der Waals surface area contributed by atoms with Gasteiger partial charge in [0, 0.05) is 19.2 Å². The second kappa shape index (κ2) is 4.35. The first-order chi connectivity index (χ1) is 7.68. The lowest BCUT2D eigenvalue weighted by Gasteiger charge is -2.31. The second-order valence-corrected chi connectivity index (χ2v) is 3.91. The molecule has 0 radical (unpaired) electrons. The molecule has 1 atom stereocenters. The van der Waals surface area contributed by atoms with Crippen LogP contribution in [0, 0.1) is 0 Å². The van der Waals surface area contributed by atoms with E-state index in [-0.39, 0.29) is 17.9 Å². The third-order valence-corrected chi connectivity index (χ3v) is 2.84. The number of para-hydroxylation sites is 1. The number of hydrogen-bond donors (Lipinski definition) is 1. The number of nitrogens with zero attached hydrogens (tertiary/aromatic N) is 1. The SMILES string of the molecule is CN(c1ccccc1)C1CCC(=O)NC1=O. The van der Waals surface area contributed by atoms with Crippen molar-refractivity contribution in [2.24, 2.45) is 0 Å². The number of carbonyl (C=O) groups excluding carboxylic acids is 2. The number of likely N-dealkylation sites (N-methyl/N-ethyl adjacent to an activating group) is 1. The molecule has 1 N–H and O–H groups in total. The summed E-state index contributed by atoms with van der Waals surface area (Å²) in [6, 6.07) is 9.44. The minimum absolute atomic E-state index is 0.178. The van der Waals surface area contributed by atoms with Crippen LogP contribution in [-0.4, -0.2) is 24.9 Å². The summed E-state index contributed by atoms with van der Waals surface area (Å²) in [4.78, 5) is 24.6. The lowest BCUT2D eigenvalue weighted by atomic mass is 10.0. The van der Waals surface area contributed by atoms with Gasteiger partial charge in [-0.3, -0.25) is 14.9 Å². The number of amides is 2. The van der Waals surface area contributed by atoms with Crippen LogP contribution in [0.15, 0.2) is 30.3 Å². The van der Waals surface area contributed by atoms with Crippen LogP contribution in [0.5, 0.6) is 0 Å². The molecule has 4 heteroatoms. The molecule has 1 unspecified atom stereocenters. The number of carbonyl (C=O) groups is 2. The van der Waals surface area contributed by atoms with Gasteiger partial charge in [0.15, 0.2) is 0 Å². The molecule has 1 fully saturated rings. The summed E-state index contributed by atoms with van der Waals surface area (Å²) in [5.41, 5.74) is 0.983. The van der Waals surface area contributed by atoms with Crippen molar-refractivity contribution in [1.29, 1.82) is 0 Å². The highest BCUT2D eigenvalue weighted by atomic mass is 16.2. The Hall–Kier alpha value is -1.84. The zero-order valence-corrected chi connectivity index (χ0v) is 9.14. The van der Waals surface area contributed by atoms with Crippen LogP contribution >= 0.6 is 0 Å². The molecule has 2 amide bonds. The molecule has 2 rings (SSSR count). The molecule has 0 bridgehead atoms. The Bertz CT molecular complexity index is 403. The van der Waals surface area contributed by atoms with Crippen LogP contribution < -0.4 is 10.2 Å². The number of rotatable bonds is 2. The molecule has 0 aromatic heterocycles. The predicted molar refractivity (Wildman–Crippen MR) is 61.0 cm³/mol. The van der Waals surface area contributed by atoms with Gasteiger partial charge in [0.2, 0.25) is 11.8 Å². The van der Waals surface area contributed by atoms with Gasteiger partial charge in [-0.1, -0.05) is 18.2 Å². The Labute approximate surface area is 94.2 Å². The van der Waals surface area contributed by atoms with Gasteiger partial charge in [-0.25, -0.2) is 0 Å². The Morgan fingerprint density at radius 3 is 2.56 bits per heavy atom. The zero-order valence-electron chi connectivity index (χ0n) is 9.14. The Kier molecular flexibility index (Phi) is 2.90. The third kappa shape index (κ3) is 2.05. The third-order valence-electron chi connectivity index (χ3n) is 2.84. The van der Waals surface area contributed by atoms with E-state index in [0.29, 0.717) is 12.8 Å². The summed E-state index contributed by atoms with van der Waals surface area (Å²) in [5, 5.41) is 2.36. The summed E-state index contributed by atoms with van der Waals surface area (Å²) in [5.74, 6) is -0.384. The number of imide groups is 1. The van der Waals surface area contributed by atoms with Gasteiger partial charge in [-0.2, -0.15) is 0 Å². The lowest BCUT2D eigenvalue weighted by Crippen LogP contribution is -2.51. The minimum atomic E-state index is -0.250. The first-order valence-electron chi connectivity index (χ1n) is 5.30. The fraction of sp³-hybridized carbons (Fsp3) is 0.333. The van der Waals surface area contributed by atoms with Crippen molar-refractivity contribution in [3.63, 3.8) is 0 Å². The fourth-order valence-electron chi connectivity index (χ4n) is 1.89. The highest BCUT2D eigenvalue weighted by Crippen LogP contribution is 2.19. The van der Waals surface area contributed by atoms with Crippen LogP contribution in [0.2, 0.25) is 0 Å². The molecular formula is C12H14N2O2. The van der Waals surface area contributed by atoms with Gasteiger partial charge in [0.1, 0.15) is 6.04 Å². The molecule has 1 aliphatic heterocycles. The average molecular weight is 218 g/mol. The molecule has 84 valence electrons. The van der Waals surface area contributed by atoms with Crippen LogP contribution in [0.25, 0.3) is 0 Å². The maximum absolute atomic E-state index is 11.6. The van der Waals surface area contributed by atoms with E-state index in [0.717, 1.165) is 5.69 Å². The second-order valence-electron chi connectivity index (χ2n) is 3.91.